The Balaban J connectivity index is 1.96. The van der Waals surface area contributed by atoms with Crippen LogP contribution in [0.15, 0.2) is 36.5 Å². The third kappa shape index (κ3) is 7.67. The highest BCUT2D eigenvalue weighted by Gasteiger charge is 2.28. The Labute approximate surface area is 209 Å². The number of pyridine rings is 1. The van der Waals surface area contributed by atoms with E-state index >= 15 is 0 Å². The molecule has 0 amide bonds. The number of ether oxygens (including phenoxy) is 2. The minimum Gasteiger partial charge on any atom is -0.481 e. The number of methoxy groups -OCH3 is 2. The molecule has 0 aliphatic heterocycles. The van der Waals surface area contributed by atoms with Gasteiger partial charge in [-0.25, -0.2) is 4.98 Å². The standard InChI is InChI=1S/C28H41N3O4/c1-19(2)17-31(23-8-10-24(35-5)11-9-23)26-12-7-22(20(3)14-28(32)33)15-25(26)30-27-13-6-21(16-29-27)18-34-4/h6-7,12-13,15-16,19-20,23-24H,8-11,14,17-18H2,1-5H3,(H,29,30)(H,32,33). The summed E-state index contributed by atoms with van der Waals surface area (Å²) < 4.78 is 10.8. The molecule has 1 heterocycles. The van der Waals surface area contributed by atoms with Crippen LogP contribution in [0.25, 0.3) is 0 Å². The first kappa shape index (κ1) is 27.0. The molecule has 1 aromatic carbocycles. The van der Waals surface area contributed by atoms with Crippen LogP contribution in [-0.2, 0) is 20.9 Å². The number of nitrogens with zero attached hydrogens (tertiary/aromatic N) is 2. The van der Waals surface area contributed by atoms with Gasteiger partial charge in [-0.15, -0.1) is 0 Å². The first-order chi connectivity index (χ1) is 16.8. The van der Waals surface area contributed by atoms with Crippen LogP contribution in [0.1, 0.15) is 69.9 Å². The van der Waals surface area contributed by atoms with Crippen LogP contribution < -0.4 is 10.2 Å². The van der Waals surface area contributed by atoms with Crippen molar-refractivity contribution in [3.63, 3.8) is 0 Å². The number of aromatic nitrogens is 1. The molecule has 0 bridgehead atoms. The second-order valence-corrected chi connectivity index (χ2v) is 10.1. The smallest absolute Gasteiger partial charge is 0.303 e. The second-order valence-electron chi connectivity index (χ2n) is 10.1. The van der Waals surface area contributed by atoms with Gasteiger partial charge in [-0.05, 0) is 66.8 Å². The van der Waals surface area contributed by atoms with E-state index in [2.05, 4.69) is 47.2 Å². The fraction of sp³-hybridized carbons (Fsp3) is 0.571. The number of carbonyl (C=O) groups is 1. The van der Waals surface area contributed by atoms with E-state index in [1.54, 1.807) is 14.2 Å². The minimum atomic E-state index is -0.789. The van der Waals surface area contributed by atoms with E-state index in [9.17, 15) is 9.90 Å². The summed E-state index contributed by atoms with van der Waals surface area (Å²) in [5.74, 6) is 0.374. The molecule has 1 fully saturated rings. The van der Waals surface area contributed by atoms with Crippen LogP contribution in [0.2, 0.25) is 0 Å². The maximum absolute atomic E-state index is 11.3. The van der Waals surface area contributed by atoms with Crippen LogP contribution in [0, 0.1) is 5.92 Å². The molecular weight excluding hydrogens is 442 g/mol. The zero-order valence-corrected chi connectivity index (χ0v) is 21.8. The normalized spacial score (nSPS) is 18.9. The lowest BCUT2D eigenvalue weighted by molar-refractivity contribution is -0.137. The van der Waals surface area contributed by atoms with Gasteiger partial charge in [-0.1, -0.05) is 32.9 Å². The van der Waals surface area contributed by atoms with Crippen LogP contribution in [0.3, 0.4) is 0 Å². The highest BCUT2D eigenvalue weighted by molar-refractivity contribution is 5.76. The SMILES string of the molecule is COCc1ccc(Nc2cc(C(C)CC(=O)O)ccc2N(CC(C)C)C2CCC(OC)CC2)nc1. The number of rotatable bonds is 12. The van der Waals surface area contributed by atoms with Gasteiger partial charge in [0.25, 0.3) is 0 Å². The van der Waals surface area contributed by atoms with Crippen LogP contribution in [0.4, 0.5) is 17.2 Å². The number of carboxylic acid groups (broad SMARTS) is 1. The van der Waals surface area contributed by atoms with Crippen molar-refractivity contribution >= 4 is 23.2 Å². The van der Waals surface area contributed by atoms with Gasteiger partial charge < -0.3 is 24.8 Å². The van der Waals surface area contributed by atoms with Gasteiger partial charge in [0.05, 0.1) is 30.5 Å². The van der Waals surface area contributed by atoms with Gasteiger partial charge in [0, 0.05) is 33.0 Å². The number of nitrogens with one attached hydrogen (secondary N) is 1. The van der Waals surface area contributed by atoms with Gasteiger partial charge in [-0.3, -0.25) is 4.79 Å². The lowest BCUT2D eigenvalue weighted by Crippen LogP contribution is -2.41. The first-order valence-corrected chi connectivity index (χ1v) is 12.7. The number of hydrogen-bond donors (Lipinski definition) is 2. The third-order valence-corrected chi connectivity index (χ3v) is 6.76. The number of benzene rings is 1. The molecule has 1 aliphatic carbocycles. The number of hydrogen-bond acceptors (Lipinski definition) is 6. The molecule has 7 nitrogen and oxygen atoms in total. The van der Waals surface area contributed by atoms with Crippen molar-refractivity contribution < 1.29 is 19.4 Å². The average Bonchev–Trinajstić information content (AvgIpc) is 2.83. The van der Waals surface area contributed by atoms with Crippen LogP contribution in [-0.4, -0.2) is 49.0 Å². The number of aliphatic carboxylic acids is 1. The van der Waals surface area contributed by atoms with Crippen molar-refractivity contribution in [1.82, 2.24) is 4.98 Å². The summed E-state index contributed by atoms with van der Waals surface area (Å²) in [5.41, 5.74) is 4.11. The zero-order chi connectivity index (χ0) is 25.4. The summed E-state index contributed by atoms with van der Waals surface area (Å²) in [6, 6.07) is 10.7. The van der Waals surface area contributed by atoms with Crippen molar-refractivity contribution in [2.75, 3.05) is 31.0 Å². The third-order valence-electron chi connectivity index (χ3n) is 6.76. The van der Waals surface area contributed by atoms with Gasteiger partial charge in [-0.2, -0.15) is 0 Å². The number of carboxylic acids is 1. The van der Waals surface area contributed by atoms with Gasteiger partial charge in [0.15, 0.2) is 0 Å². The summed E-state index contributed by atoms with van der Waals surface area (Å²) >= 11 is 0. The summed E-state index contributed by atoms with van der Waals surface area (Å²) in [6.07, 6.45) is 6.57. The Morgan fingerprint density at radius 1 is 1.14 bits per heavy atom. The molecule has 192 valence electrons. The van der Waals surface area contributed by atoms with Gasteiger partial charge >= 0.3 is 5.97 Å². The minimum absolute atomic E-state index is 0.0881. The van der Waals surface area contributed by atoms with Crippen molar-refractivity contribution in [2.45, 2.75) is 77.5 Å². The molecule has 1 unspecified atom stereocenters. The molecule has 0 saturated heterocycles. The molecule has 35 heavy (non-hydrogen) atoms. The van der Waals surface area contributed by atoms with E-state index in [1.165, 1.54) is 0 Å². The quantitative estimate of drug-likeness (QED) is 0.385. The van der Waals surface area contributed by atoms with E-state index in [4.69, 9.17) is 9.47 Å². The van der Waals surface area contributed by atoms with Gasteiger partial charge in [0.2, 0.25) is 0 Å². The average molecular weight is 484 g/mol. The molecule has 0 radical (unpaired) electrons. The van der Waals surface area contributed by atoms with E-state index in [1.807, 2.05) is 25.3 Å². The van der Waals surface area contributed by atoms with Gasteiger partial charge in [0.1, 0.15) is 5.82 Å². The molecule has 2 N–H and O–H groups in total. The maximum atomic E-state index is 11.3. The molecular formula is C28H41N3O4. The Hall–Kier alpha value is -2.64. The molecule has 0 spiro atoms. The van der Waals surface area contributed by atoms with Crippen molar-refractivity contribution in [1.29, 1.82) is 0 Å². The Kier molecular flexibility index (Phi) is 9.93. The molecule has 7 heteroatoms. The van der Waals surface area contributed by atoms with Crippen molar-refractivity contribution in [3.05, 3.63) is 47.7 Å². The molecule has 2 aromatic rings. The van der Waals surface area contributed by atoms with Crippen molar-refractivity contribution in [2.24, 2.45) is 5.92 Å². The molecule has 1 aliphatic rings. The second kappa shape index (κ2) is 12.9. The highest BCUT2D eigenvalue weighted by Crippen LogP contribution is 2.37. The fourth-order valence-electron chi connectivity index (χ4n) is 4.91. The maximum Gasteiger partial charge on any atom is 0.303 e. The van der Waals surface area contributed by atoms with Crippen molar-refractivity contribution in [3.8, 4) is 0 Å². The Morgan fingerprint density at radius 2 is 1.89 bits per heavy atom. The molecule has 3 rings (SSSR count). The monoisotopic (exact) mass is 483 g/mol. The van der Waals surface area contributed by atoms with Crippen LogP contribution in [0.5, 0.6) is 0 Å². The molecule has 1 aromatic heterocycles. The first-order valence-electron chi connectivity index (χ1n) is 12.7. The van der Waals surface area contributed by atoms with E-state index in [0.717, 1.165) is 60.5 Å². The predicted octanol–water partition coefficient (Wildman–Crippen LogP) is 5.97. The van der Waals surface area contributed by atoms with E-state index < -0.39 is 5.97 Å². The number of anilines is 3. The topological polar surface area (TPSA) is 83.9 Å². The lowest BCUT2D eigenvalue weighted by atomic mass is 9.90. The van der Waals surface area contributed by atoms with E-state index in [0.29, 0.717) is 24.7 Å². The lowest BCUT2D eigenvalue weighted by Gasteiger charge is -2.40. The highest BCUT2D eigenvalue weighted by atomic mass is 16.5. The summed E-state index contributed by atoms with van der Waals surface area (Å²) in [5, 5.41) is 12.9. The largest absolute Gasteiger partial charge is 0.481 e. The van der Waals surface area contributed by atoms with Crippen LogP contribution >= 0.6 is 0 Å². The Bertz CT molecular complexity index is 940. The molecule has 1 saturated carbocycles. The Morgan fingerprint density at radius 3 is 2.46 bits per heavy atom. The van der Waals surface area contributed by atoms with E-state index in [-0.39, 0.29) is 12.3 Å². The predicted molar refractivity (Wildman–Crippen MR) is 141 cm³/mol. The fourth-order valence-corrected chi connectivity index (χ4v) is 4.91. The summed E-state index contributed by atoms with van der Waals surface area (Å²) in [4.78, 5) is 18.5. The zero-order valence-electron chi connectivity index (χ0n) is 21.8. The summed E-state index contributed by atoms with van der Waals surface area (Å²) in [6.45, 7) is 7.93. The summed E-state index contributed by atoms with van der Waals surface area (Å²) in [7, 11) is 3.48. The molecule has 1 atom stereocenters.